The minimum atomic E-state index is -3.77. The molecule has 0 saturated heterocycles. The van der Waals surface area contributed by atoms with Gasteiger partial charge in [0.25, 0.3) is 10.0 Å². The van der Waals surface area contributed by atoms with Crippen LogP contribution in [0.2, 0.25) is 0 Å². The Kier molecular flexibility index (Phi) is 3.26. The van der Waals surface area contributed by atoms with Gasteiger partial charge in [-0.25, -0.2) is 8.42 Å². The lowest BCUT2D eigenvalue weighted by Gasteiger charge is -2.10. The standard InChI is InChI=1S/C13H11N3O3S2/c1-8-7-9(5-6-11(8)17)16-21(18,19)12-4-2-3-10-13(12)15-20-14-10/h2-7,16-17H,1H3. The van der Waals surface area contributed by atoms with Gasteiger partial charge in [0.15, 0.2) is 0 Å². The average Bonchev–Trinajstić information content (AvgIpc) is 2.90. The van der Waals surface area contributed by atoms with Crippen LogP contribution in [0.25, 0.3) is 0 Å². The van der Waals surface area contributed by atoms with Crippen LogP contribution in [-0.4, -0.2) is 13.5 Å². The Labute approximate surface area is 125 Å². The van der Waals surface area contributed by atoms with Crippen molar-refractivity contribution in [2.24, 2.45) is 8.73 Å². The summed E-state index contributed by atoms with van der Waals surface area (Å²) in [5, 5.41) is 9.48. The quantitative estimate of drug-likeness (QED) is 0.726. The third-order valence-corrected chi connectivity index (χ3v) is 4.94. The number of phenols is 1. The van der Waals surface area contributed by atoms with Crippen LogP contribution in [0.4, 0.5) is 17.1 Å². The van der Waals surface area contributed by atoms with Crippen LogP contribution >= 0.6 is 0 Å². The Morgan fingerprint density at radius 2 is 2.00 bits per heavy atom. The van der Waals surface area contributed by atoms with E-state index in [9.17, 15) is 13.5 Å². The van der Waals surface area contributed by atoms with Gasteiger partial charge in [-0.15, -0.1) is 0 Å². The van der Waals surface area contributed by atoms with E-state index in [0.29, 0.717) is 22.6 Å². The number of aromatic hydroxyl groups is 1. The van der Waals surface area contributed by atoms with Gasteiger partial charge in [0.1, 0.15) is 22.0 Å². The molecule has 2 N–H and O–H groups in total. The molecule has 2 aromatic carbocycles. The first-order valence-electron chi connectivity index (χ1n) is 6.01. The highest BCUT2D eigenvalue weighted by Crippen LogP contribution is 2.38. The fourth-order valence-electron chi connectivity index (χ4n) is 1.93. The van der Waals surface area contributed by atoms with Crippen LogP contribution in [0.3, 0.4) is 0 Å². The van der Waals surface area contributed by atoms with Crippen LogP contribution in [0.5, 0.6) is 5.75 Å². The molecule has 0 saturated carbocycles. The number of aryl methyl sites for hydroxylation is 1. The third-order valence-electron chi connectivity index (χ3n) is 2.99. The number of fused-ring (bicyclic) bond motifs is 1. The number of anilines is 1. The van der Waals surface area contributed by atoms with Gasteiger partial charge in [-0.3, -0.25) is 4.72 Å². The van der Waals surface area contributed by atoms with Crippen molar-refractivity contribution in [1.29, 1.82) is 0 Å². The molecule has 8 heteroatoms. The van der Waals surface area contributed by atoms with E-state index in [1.807, 2.05) is 0 Å². The van der Waals surface area contributed by atoms with E-state index in [-0.39, 0.29) is 10.6 Å². The van der Waals surface area contributed by atoms with Crippen molar-refractivity contribution < 1.29 is 13.5 Å². The summed E-state index contributed by atoms with van der Waals surface area (Å²) < 4.78 is 35.5. The molecule has 1 aliphatic heterocycles. The molecule has 3 rings (SSSR count). The van der Waals surface area contributed by atoms with Crippen molar-refractivity contribution in [3.05, 3.63) is 42.0 Å². The lowest BCUT2D eigenvalue weighted by Crippen LogP contribution is -2.13. The van der Waals surface area contributed by atoms with Crippen LogP contribution < -0.4 is 4.72 Å². The largest absolute Gasteiger partial charge is 0.508 e. The van der Waals surface area contributed by atoms with Gasteiger partial charge < -0.3 is 5.11 Å². The Morgan fingerprint density at radius 3 is 2.76 bits per heavy atom. The Hall–Kier alpha value is -2.19. The summed E-state index contributed by atoms with van der Waals surface area (Å²) in [4.78, 5) is 0.0829. The van der Waals surface area contributed by atoms with E-state index in [4.69, 9.17) is 0 Å². The minimum Gasteiger partial charge on any atom is -0.508 e. The first kappa shape index (κ1) is 13.8. The zero-order chi connectivity index (χ0) is 15.0. The number of hydrogen-bond acceptors (Lipinski definition) is 5. The van der Waals surface area contributed by atoms with Crippen molar-refractivity contribution in [2.75, 3.05) is 4.72 Å². The first-order chi connectivity index (χ1) is 9.97. The van der Waals surface area contributed by atoms with Crippen molar-refractivity contribution >= 4 is 38.4 Å². The molecule has 0 amide bonds. The maximum atomic E-state index is 12.5. The predicted molar refractivity (Wildman–Crippen MR) is 81.6 cm³/mol. The molecule has 2 aromatic rings. The second-order valence-corrected chi connectivity index (χ2v) is 6.67. The second kappa shape index (κ2) is 4.97. The van der Waals surface area contributed by atoms with Gasteiger partial charge >= 0.3 is 0 Å². The highest BCUT2D eigenvalue weighted by atomic mass is 32.2. The molecule has 6 nitrogen and oxygen atoms in total. The van der Waals surface area contributed by atoms with Crippen molar-refractivity contribution in [3.63, 3.8) is 0 Å². The molecular formula is C13H11N3O3S2. The highest BCUT2D eigenvalue weighted by Gasteiger charge is 2.22. The van der Waals surface area contributed by atoms with E-state index in [2.05, 4.69) is 13.4 Å². The summed E-state index contributed by atoms with van der Waals surface area (Å²) in [6.45, 7) is 1.69. The van der Waals surface area contributed by atoms with Gasteiger partial charge in [-0.2, -0.15) is 8.73 Å². The summed E-state index contributed by atoms with van der Waals surface area (Å²) >= 11 is 0.969. The monoisotopic (exact) mass is 321 g/mol. The summed E-state index contributed by atoms with van der Waals surface area (Å²) in [5.41, 5.74) is 1.87. The van der Waals surface area contributed by atoms with Crippen LogP contribution in [0.15, 0.2) is 50.0 Å². The molecule has 0 aliphatic carbocycles. The molecule has 0 unspecified atom stereocenters. The van der Waals surface area contributed by atoms with Gasteiger partial charge in [0.05, 0.1) is 11.4 Å². The molecule has 0 bridgehead atoms. The Balaban J connectivity index is 2.00. The second-order valence-electron chi connectivity index (χ2n) is 4.49. The van der Waals surface area contributed by atoms with E-state index >= 15 is 0 Å². The molecule has 1 aliphatic rings. The predicted octanol–water partition coefficient (Wildman–Crippen LogP) is 3.23. The molecular weight excluding hydrogens is 310 g/mol. The van der Waals surface area contributed by atoms with E-state index in [0.717, 1.165) is 11.4 Å². The number of sulfonamides is 1. The molecule has 0 radical (unpaired) electrons. The normalized spacial score (nSPS) is 12.8. The Morgan fingerprint density at radius 1 is 1.19 bits per heavy atom. The van der Waals surface area contributed by atoms with Gasteiger partial charge in [0, 0.05) is 5.69 Å². The summed E-state index contributed by atoms with van der Waals surface area (Å²) in [6, 6.07) is 9.33. The molecule has 21 heavy (non-hydrogen) atoms. The molecule has 0 atom stereocenters. The van der Waals surface area contributed by atoms with E-state index < -0.39 is 10.0 Å². The fraction of sp³-hybridized carbons (Fsp3) is 0.0769. The topological polar surface area (TPSA) is 91.1 Å². The van der Waals surface area contributed by atoms with E-state index in [1.165, 1.54) is 18.2 Å². The van der Waals surface area contributed by atoms with Gasteiger partial charge in [-0.05, 0) is 42.8 Å². The fourth-order valence-corrected chi connectivity index (χ4v) is 3.74. The third kappa shape index (κ3) is 2.55. The number of benzene rings is 2. The van der Waals surface area contributed by atoms with E-state index in [1.54, 1.807) is 25.1 Å². The number of phenolic OH excluding ortho intramolecular Hbond substituents is 1. The maximum absolute atomic E-state index is 12.5. The van der Waals surface area contributed by atoms with Gasteiger partial charge in [-0.1, -0.05) is 6.07 Å². The zero-order valence-electron chi connectivity index (χ0n) is 10.9. The van der Waals surface area contributed by atoms with Crippen molar-refractivity contribution in [1.82, 2.24) is 0 Å². The first-order valence-corrected chi connectivity index (χ1v) is 8.22. The smallest absolute Gasteiger partial charge is 0.264 e. The van der Waals surface area contributed by atoms with Crippen molar-refractivity contribution in [3.8, 4) is 5.75 Å². The minimum absolute atomic E-state index is 0.0829. The summed E-state index contributed by atoms with van der Waals surface area (Å²) in [5.74, 6) is 0.115. The number of nitrogens with one attached hydrogen (secondary N) is 1. The van der Waals surface area contributed by atoms with Gasteiger partial charge in [0.2, 0.25) is 0 Å². The maximum Gasteiger partial charge on any atom is 0.264 e. The van der Waals surface area contributed by atoms with Crippen molar-refractivity contribution in [2.45, 2.75) is 11.8 Å². The lowest BCUT2D eigenvalue weighted by atomic mass is 10.2. The molecule has 0 fully saturated rings. The highest BCUT2D eigenvalue weighted by molar-refractivity contribution is 7.93. The average molecular weight is 321 g/mol. The molecule has 108 valence electrons. The lowest BCUT2D eigenvalue weighted by molar-refractivity contribution is 0.471. The van der Waals surface area contributed by atoms with Crippen LogP contribution in [0, 0.1) is 6.92 Å². The molecule has 1 heterocycles. The SMILES string of the molecule is Cc1cc(NS(=O)(=O)c2cccc3c2N=S=N3)ccc1O. The number of hydrogen-bond donors (Lipinski definition) is 2. The van der Waals surface area contributed by atoms with Crippen LogP contribution in [-0.2, 0) is 21.4 Å². The van der Waals surface area contributed by atoms with Crippen LogP contribution in [0.1, 0.15) is 5.56 Å². The summed E-state index contributed by atoms with van der Waals surface area (Å²) in [6.07, 6.45) is 0. The molecule has 0 aromatic heterocycles. The zero-order valence-corrected chi connectivity index (χ0v) is 12.6. The number of rotatable bonds is 3. The Bertz CT molecular complexity index is 901. The summed E-state index contributed by atoms with van der Waals surface area (Å²) in [7, 11) is -3.77. The molecule has 0 spiro atoms. The number of nitrogens with zero attached hydrogens (tertiary/aromatic N) is 2.